The van der Waals surface area contributed by atoms with Crippen LogP contribution in [0.4, 0.5) is 4.39 Å². The lowest BCUT2D eigenvalue weighted by Crippen LogP contribution is -2.31. The van der Waals surface area contributed by atoms with E-state index in [9.17, 15) is 9.18 Å². The van der Waals surface area contributed by atoms with Gasteiger partial charge in [0.15, 0.2) is 0 Å². The molecule has 0 spiro atoms. The Balaban J connectivity index is 1.85. The molecular formula is C16H13ClFNO2. The van der Waals surface area contributed by atoms with Crippen LogP contribution in [-0.4, -0.2) is 24.0 Å². The zero-order chi connectivity index (χ0) is 14.8. The molecule has 1 amide bonds. The summed E-state index contributed by atoms with van der Waals surface area (Å²) in [6.07, 6.45) is 0. The number of hydrogen-bond donors (Lipinski definition) is 0. The molecule has 0 saturated carbocycles. The van der Waals surface area contributed by atoms with Crippen molar-refractivity contribution in [1.82, 2.24) is 4.90 Å². The molecule has 21 heavy (non-hydrogen) atoms. The van der Waals surface area contributed by atoms with E-state index in [4.69, 9.17) is 16.3 Å². The predicted octanol–water partition coefficient (Wildman–Crippen LogP) is 3.51. The molecule has 0 unspecified atom stereocenters. The molecule has 3 rings (SSSR count). The number of carbonyl (C=O) groups excluding carboxylic acids is 1. The molecule has 0 fully saturated rings. The molecule has 0 atom stereocenters. The minimum Gasteiger partial charge on any atom is -0.491 e. The molecule has 1 heterocycles. The maximum atomic E-state index is 13.5. The second kappa shape index (κ2) is 5.74. The molecule has 1 aliphatic rings. The molecule has 108 valence electrons. The highest BCUT2D eigenvalue weighted by Crippen LogP contribution is 2.24. The largest absolute Gasteiger partial charge is 0.491 e. The first-order valence-electron chi connectivity index (χ1n) is 6.60. The highest BCUT2D eigenvalue weighted by atomic mass is 35.5. The molecule has 0 N–H and O–H groups in total. The molecule has 1 aliphatic heterocycles. The van der Waals surface area contributed by atoms with E-state index in [0.29, 0.717) is 36.6 Å². The van der Waals surface area contributed by atoms with E-state index in [1.54, 1.807) is 29.2 Å². The molecule has 2 aromatic rings. The quantitative estimate of drug-likeness (QED) is 0.849. The smallest absolute Gasteiger partial charge is 0.258 e. The number of halogens is 2. The first-order valence-corrected chi connectivity index (χ1v) is 6.98. The van der Waals surface area contributed by atoms with Gasteiger partial charge in [-0.05, 0) is 29.8 Å². The second-order valence-corrected chi connectivity index (χ2v) is 5.23. The highest BCUT2D eigenvalue weighted by Gasteiger charge is 2.23. The number of hydrogen-bond acceptors (Lipinski definition) is 2. The fraction of sp³-hybridized carbons (Fsp3) is 0.188. The van der Waals surface area contributed by atoms with Gasteiger partial charge >= 0.3 is 0 Å². The van der Waals surface area contributed by atoms with Crippen molar-refractivity contribution < 1.29 is 13.9 Å². The third kappa shape index (κ3) is 2.85. The third-order valence-corrected chi connectivity index (χ3v) is 3.69. The number of para-hydroxylation sites is 1. The summed E-state index contributed by atoms with van der Waals surface area (Å²) >= 11 is 5.67. The summed E-state index contributed by atoms with van der Waals surface area (Å²) in [4.78, 5) is 14.2. The van der Waals surface area contributed by atoms with Crippen molar-refractivity contribution >= 4 is 17.5 Å². The van der Waals surface area contributed by atoms with Crippen molar-refractivity contribution in [3.8, 4) is 5.75 Å². The number of carbonyl (C=O) groups is 1. The van der Waals surface area contributed by atoms with Crippen LogP contribution in [0.25, 0.3) is 0 Å². The van der Waals surface area contributed by atoms with Crippen molar-refractivity contribution in [3.05, 3.63) is 64.4 Å². The number of fused-ring (bicyclic) bond motifs is 1. The van der Waals surface area contributed by atoms with Gasteiger partial charge < -0.3 is 9.64 Å². The van der Waals surface area contributed by atoms with Crippen molar-refractivity contribution in [3.63, 3.8) is 0 Å². The Kier molecular flexibility index (Phi) is 3.80. The van der Waals surface area contributed by atoms with E-state index in [0.717, 1.165) is 0 Å². The van der Waals surface area contributed by atoms with Gasteiger partial charge in [-0.1, -0.05) is 29.8 Å². The second-order valence-electron chi connectivity index (χ2n) is 4.82. The highest BCUT2D eigenvalue weighted by molar-refractivity contribution is 6.30. The van der Waals surface area contributed by atoms with Gasteiger partial charge in [-0.3, -0.25) is 4.79 Å². The SMILES string of the molecule is O=C1c2ccccc2OCCN1Cc1ccc(Cl)c(F)c1. The molecule has 0 aromatic heterocycles. The first-order chi connectivity index (χ1) is 10.1. The standard InChI is InChI=1S/C16H13ClFNO2/c17-13-6-5-11(9-14(13)18)10-19-7-8-21-15-4-2-1-3-12(15)16(19)20/h1-6,9H,7-8,10H2. The minimum absolute atomic E-state index is 0.0784. The van der Waals surface area contributed by atoms with Crippen LogP contribution in [-0.2, 0) is 6.54 Å². The van der Waals surface area contributed by atoms with Gasteiger partial charge in [0, 0.05) is 6.54 Å². The summed E-state index contributed by atoms with van der Waals surface area (Å²) in [6.45, 7) is 1.20. The van der Waals surface area contributed by atoms with Crippen LogP contribution in [0.5, 0.6) is 5.75 Å². The van der Waals surface area contributed by atoms with Crippen LogP contribution in [0.2, 0.25) is 5.02 Å². The van der Waals surface area contributed by atoms with Gasteiger partial charge in [-0.25, -0.2) is 4.39 Å². The van der Waals surface area contributed by atoms with Crippen LogP contribution >= 0.6 is 11.6 Å². The average Bonchev–Trinajstić information content (AvgIpc) is 2.64. The van der Waals surface area contributed by atoms with Gasteiger partial charge in [0.25, 0.3) is 5.91 Å². The van der Waals surface area contributed by atoms with Crippen molar-refractivity contribution in [2.45, 2.75) is 6.54 Å². The molecular weight excluding hydrogens is 293 g/mol. The van der Waals surface area contributed by atoms with Crippen molar-refractivity contribution in [2.24, 2.45) is 0 Å². The molecule has 0 saturated heterocycles. The van der Waals surface area contributed by atoms with Crippen LogP contribution in [0.1, 0.15) is 15.9 Å². The number of ether oxygens (including phenoxy) is 1. The van der Waals surface area contributed by atoms with Crippen LogP contribution in [0, 0.1) is 5.82 Å². The van der Waals surface area contributed by atoms with Gasteiger partial charge in [0.2, 0.25) is 0 Å². The van der Waals surface area contributed by atoms with E-state index >= 15 is 0 Å². The van der Waals surface area contributed by atoms with Crippen molar-refractivity contribution in [1.29, 1.82) is 0 Å². The Morgan fingerprint density at radius 1 is 1.24 bits per heavy atom. The van der Waals surface area contributed by atoms with Gasteiger partial charge in [-0.2, -0.15) is 0 Å². The molecule has 2 aromatic carbocycles. The van der Waals surface area contributed by atoms with E-state index in [1.165, 1.54) is 12.1 Å². The normalized spacial score (nSPS) is 14.4. The third-order valence-electron chi connectivity index (χ3n) is 3.38. The van der Waals surface area contributed by atoms with Crippen LogP contribution in [0.3, 0.4) is 0 Å². The number of amides is 1. The fourth-order valence-corrected chi connectivity index (χ4v) is 2.43. The predicted molar refractivity (Wildman–Crippen MR) is 78.1 cm³/mol. The lowest BCUT2D eigenvalue weighted by Gasteiger charge is -2.20. The lowest BCUT2D eigenvalue weighted by molar-refractivity contribution is 0.0743. The van der Waals surface area contributed by atoms with Crippen molar-refractivity contribution in [2.75, 3.05) is 13.2 Å². The zero-order valence-corrected chi connectivity index (χ0v) is 11.9. The summed E-state index contributed by atoms with van der Waals surface area (Å²) < 4.78 is 19.1. The molecule has 0 aliphatic carbocycles. The number of benzene rings is 2. The fourth-order valence-electron chi connectivity index (χ4n) is 2.32. The topological polar surface area (TPSA) is 29.5 Å². The first kappa shape index (κ1) is 13.9. The maximum Gasteiger partial charge on any atom is 0.258 e. The lowest BCUT2D eigenvalue weighted by atomic mass is 10.1. The Labute approximate surface area is 126 Å². The molecule has 5 heteroatoms. The van der Waals surface area contributed by atoms with E-state index < -0.39 is 5.82 Å². The molecule has 0 radical (unpaired) electrons. The monoisotopic (exact) mass is 305 g/mol. The minimum atomic E-state index is -0.479. The summed E-state index contributed by atoms with van der Waals surface area (Å²) in [7, 11) is 0. The Hall–Kier alpha value is -2.07. The van der Waals surface area contributed by atoms with E-state index in [2.05, 4.69) is 0 Å². The maximum absolute atomic E-state index is 13.5. The molecule has 0 bridgehead atoms. The Bertz CT molecular complexity index is 690. The number of nitrogens with zero attached hydrogens (tertiary/aromatic N) is 1. The van der Waals surface area contributed by atoms with Gasteiger partial charge in [-0.15, -0.1) is 0 Å². The van der Waals surface area contributed by atoms with Crippen LogP contribution in [0.15, 0.2) is 42.5 Å². The summed E-state index contributed by atoms with van der Waals surface area (Å²) in [5, 5.41) is 0.0784. The molecule has 3 nitrogen and oxygen atoms in total. The van der Waals surface area contributed by atoms with Crippen LogP contribution < -0.4 is 4.74 Å². The average molecular weight is 306 g/mol. The van der Waals surface area contributed by atoms with Gasteiger partial charge in [0.1, 0.15) is 18.2 Å². The summed E-state index contributed by atoms with van der Waals surface area (Å²) in [5.41, 5.74) is 1.23. The number of rotatable bonds is 2. The Morgan fingerprint density at radius 2 is 2.05 bits per heavy atom. The van der Waals surface area contributed by atoms with E-state index in [-0.39, 0.29) is 10.9 Å². The Morgan fingerprint density at radius 3 is 2.86 bits per heavy atom. The van der Waals surface area contributed by atoms with E-state index in [1.807, 2.05) is 6.07 Å². The summed E-state index contributed by atoms with van der Waals surface area (Å²) in [6, 6.07) is 11.7. The van der Waals surface area contributed by atoms with Gasteiger partial charge in [0.05, 0.1) is 17.1 Å². The zero-order valence-electron chi connectivity index (χ0n) is 11.2. The summed E-state index contributed by atoms with van der Waals surface area (Å²) in [5.74, 6) is -0.00108.